The Balaban J connectivity index is 2.68. The molecular formula is C12H14N2O5. The number of rotatable bonds is 5. The number of nitro benzene ring substituents is 1. The van der Waals surface area contributed by atoms with Crippen LogP contribution in [-0.4, -0.2) is 29.4 Å². The molecule has 1 atom stereocenters. The van der Waals surface area contributed by atoms with Crippen LogP contribution < -0.4 is 5.32 Å². The number of ether oxygens (including phenoxy) is 1. The first-order valence-electron chi connectivity index (χ1n) is 5.68. The molecule has 1 aromatic carbocycles. The van der Waals surface area contributed by atoms with Crippen LogP contribution in [0.1, 0.15) is 24.2 Å². The van der Waals surface area contributed by atoms with Crippen molar-refractivity contribution >= 4 is 17.6 Å². The molecule has 0 aliphatic carbocycles. The topological polar surface area (TPSA) is 98.5 Å². The fourth-order valence-electron chi connectivity index (χ4n) is 1.32. The Hall–Kier alpha value is -2.44. The first-order valence-corrected chi connectivity index (χ1v) is 5.68. The Bertz CT molecular complexity index is 483. The van der Waals surface area contributed by atoms with Gasteiger partial charge in [-0.2, -0.15) is 0 Å². The van der Waals surface area contributed by atoms with Gasteiger partial charge in [0.15, 0.2) is 6.10 Å². The Morgan fingerprint density at radius 2 is 1.95 bits per heavy atom. The van der Waals surface area contributed by atoms with Gasteiger partial charge in [0.1, 0.15) is 0 Å². The smallest absolute Gasteiger partial charge is 0.338 e. The van der Waals surface area contributed by atoms with Crippen LogP contribution in [0, 0.1) is 10.1 Å². The Morgan fingerprint density at radius 3 is 2.42 bits per heavy atom. The maximum atomic E-state index is 11.7. The van der Waals surface area contributed by atoms with Gasteiger partial charge < -0.3 is 10.1 Å². The van der Waals surface area contributed by atoms with Gasteiger partial charge in [0.2, 0.25) is 0 Å². The van der Waals surface area contributed by atoms with Crippen LogP contribution in [0.15, 0.2) is 24.3 Å². The lowest BCUT2D eigenvalue weighted by Crippen LogP contribution is -2.35. The van der Waals surface area contributed by atoms with Crippen LogP contribution in [0.5, 0.6) is 0 Å². The van der Waals surface area contributed by atoms with Gasteiger partial charge in [-0.25, -0.2) is 4.79 Å². The second-order valence-corrected chi connectivity index (χ2v) is 3.75. The average molecular weight is 266 g/mol. The summed E-state index contributed by atoms with van der Waals surface area (Å²) in [5.41, 5.74) is 0.0371. The van der Waals surface area contributed by atoms with Crippen molar-refractivity contribution in [2.75, 3.05) is 6.54 Å². The maximum Gasteiger partial charge on any atom is 0.338 e. The number of non-ortho nitro benzene ring substituents is 1. The van der Waals surface area contributed by atoms with Crippen molar-refractivity contribution in [3.63, 3.8) is 0 Å². The quantitative estimate of drug-likeness (QED) is 0.491. The van der Waals surface area contributed by atoms with E-state index in [4.69, 9.17) is 4.74 Å². The lowest BCUT2D eigenvalue weighted by atomic mass is 10.2. The highest BCUT2D eigenvalue weighted by atomic mass is 16.6. The lowest BCUT2D eigenvalue weighted by molar-refractivity contribution is -0.384. The van der Waals surface area contributed by atoms with Crippen LogP contribution in [0.4, 0.5) is 5.69 Å². The standard InChI is InChI=1S/C12H14N2O5/c1-3-13-11(15)8(2)19-12(16)9-4-6-10(7-5-9)14(17)18/h4-8H,3H2,1-2H3,(H,13,15). The first-order chi connectivity index (χ1) is 8.95. The number of nitrogens with one attached hydrogen (secondary N) is 1. The zero-order valence-corrected chi connectivity index (χ0v) is 10.6. The Morgan fingerprint density at radius 1 is 1.37 bits per heavy atom. The summed E-state index contributed by atoms with van der Waals surface area (Å²) in [5.74, 6) is -1.09. The van der Waals surface area contributed by atoms with E-state index in [2.05, 4.69) is 5.32 Å². The summed E-state index contributed by atoms with van der Waals surface area (Å²) < 4.78 is 4.93. The number of esters is 1. The minimum Gasteiger partial charge on any atom is -0.449 e. The summed E-state index contributed by atoms with van der Waals surface area (Å²) in [6, 6.07) is 4.97. The molecule has 0 saturated carbocycles. The molecule has 1 N–H and O–H groups in total. The molecule has 0 bridgehead atoms. The predicted octanol–water partition coefficient (Wildman–Crippen LogP) is 1.28. The van der Waals surface area contributed by atoms with E-state index >= 15 is 0 Å². The maximum absolute atomic E-state index is 11.7. The average Bonchev–Trinajstić information content (AvgIpc) is 2.38. The van der Waals surface area contributed by atoms with Crippen molar-refractivity contribution in [1.29, 1.82) is 0 Å². The minimum atomic E-state index is -0.914. The molecule has 1 aromatic rings. The van der Waals surface area contributed by atoms with Crippen LogP contribution in [-0.2, 0) is 9.53 Å². The normalized spacial score (nSPS) is 11.5. The molecular weight excluding hydrogens is 252 g/mol. The lowest BCUT2D eigenvalue weighted by Gasteiger charge is -2.12. The monoisotopic (exact) mass is 266 g/mol. The number of hydrogen-bond acceptors (Lipinski definition) is 5. The van der Waals surface area contributed by atoms with E-state index in [1.54, 1.807) is 6.92 Å². The number of carbonyl (C=O) groups is 2. The van der Waals surface area contributed by atoms with Crippen LogP contribution in [0.3, 0.4) is 0 Å². The van der Waals surface area contributed by atoms with E-state index in [1.165, 1.54) is 31.2 Å². The Labute approximate surface area is 109 Å². The number of benzene rings is 1. The highest BCUT2D eigenvalue weighted by Gasteiger charge is 2.18. The summed E-state index contributed by atoms with van der Waals surface area (Å²) in [5, 5.41) is 13.0. The molecule has 1 rings (SSSR count). The molecule has 0 aliphatic rings. The summed E-state index contributed by atoms with van der Waals surface area (Å²) in [7, 11) is 0. The third-order valence-electron chi connectivity index (χ3n) is 2.32. The van der Waals surface area contributed by atoms with Crippen molar-refractivity contribution < 1.29 is 19.2 Å². The molecule has 7 heteroatoms. The van der Waals surface area contributed by atoms with Gasteiger partial charge in [-0.1, -0.05) is 0 Å². The van der Waals surface area contributed by atoms with Gasteiger partial charge in [0.25, 0.3) is 11.6 Å². The van der Waals surface area contributed by atoms with E-state index in [0.717, 1.165) is 0 Å². The number of amides is 1. The van der Waals surface area contributed by atoms with E-state index < -0.39 is 22.9 Å². The van der Waals surface area contributed by atoms with Crippen molar-refractivity contribution in [2.24, 2.45) is 0 Å². The molecule has 7 nitrogen and oxygen atoms in total. The zero-order valence-electron chi connectivity index (χ0n) is 10.6. The molecule has 0 heterocycles. The fraction of sp³-hybridized carbons (Fsp3) is 0.333. The third kappa shape index (κ3) is 4.06. The molecule has 0 fully saturated rings. The van der Waals surface area contributed by atoms with Gasteiger partial charge >= 0.3 is 5.97 Å². The zero-order chi connectivity index (χ0) is 14.4. The molecule has 19 heavy (non-hydrogen) atoms. The van der Waals surface area contributed by atoms with Crippen molar-refractivity contribution in [3.8, 4) is 0 Å². The summed E-state index contributed by atoms with van der Waals surface area (Å²) >= 11 is 0. The largest absolute Gasteiger partial charge is 0.449 e. The fourth-order valence-corrected chi connectivity index (χ4v) is 1.32. The van der Waals surface area contributed by atoms with E-state index in [0.29, 0.717) is 6.54 Å². The molecule has 0 aromatic heterocycles. The van der Waals surface area contributed by atoms with Gasteiger partial charge in [0.05, 0.1) is 10.5 Å². The van der Waals surface area contributed by atoms with E-state index in [1.807, 2.05) is 0 Å². The van der Waals surface area contributed by atoms with E-state index in [9.17, 15) is 19.7 Å². The molecule has 0 aliphatic heterocycles. The number of nitro groups is 1. The first kappa shape index (κ1) is 14.6. The molecule has 0 radical (unpaired) electrons. The third-order valence-corrected chi connectivity index (χ3v) is 2.32. The van der Waals surface area contributed by atoms with Gasteiger partial charge in [0, 0.05) is 18.7 Å². The van der Waals surface area contributed by atoms with Crippen LogP contribution >= 0.6 is 0 Å². The molecule has 0 saturated heterocycles. The molecule has 0 spiro atoms. The summed E-state index contributed by atoms with van der Waals surface area (Å²) in [6.07, 6.45) is -0.914. The van der Waals surface area contributed by atoms with Crippen LogP contribution in [0.2, 0.25) is 0 Å². The second kappa shape index (κ2) is 6.48. The highest BCUT2D eigenvalue weighted by Crippen LogP contribution is 2.13. The highest BCUT2D eigenvalue weighted by molar-refractivity contribution is 5.92. The predicted molar refractivity (Wildman–Crippen MR) is 66.7 cm³/mol. The SMILES string of the molecule is CCNC(=O)C(C)OC(=O)c1ccc([N+](=O)[O-])cc1. The Kier molecular flexibility index (Phi) is 4.99. The molecule has 1 unspecified atom stereocenters. The van der Waals surface area contributed by atoms with Gasteiger partial charge in [-0.05, 0) is 26.0 Å². The van der Waals surface area contributed by atoms with Crippen LogP contribution in [0.25, 0.3) is 0 Å². The molecule has 102 valence electrons. The van der Waals surface area contributed by atoms with Gasteiger partial charge in [-0.15, -0.1) is 0 Å². The summed E-state index contributed by atoms with van der Waals surface area (Å²) in [6.45, 7) is 3.65. The van der Waals surface area contributed by atoms with Gasteiger partial charge in [-0.3, -0.25) is 14.9 Å². The molecule has 1 amide bonds. The number of nitrogens with zero attached hydrogens (tertiary/aromatic N) is 1. The number of carbonyl (C=O) groups excluding carboxylic acids is 2. The number of hydrogen-bond donors (Lipinski definition) is 1. The number of likely N-dealkylation sites (N-methyl/N-ethyl adjacent to an activating group) is 1. The minimum absolute atomic E-state index is 0.117. The van der Waals surface area contributed by atoms with Crippen molar-refractivity contribution in [3.05, 3.63) is 39.9 Å². The second-order valence-electron chi connectivity index (χ2n) is 3.75. The summed E-state index contributed by atoms with van der Waals surface area (Å²) in [4.78, 5) is 32.9. The van der Waals surface area contributed by atoms with Crippen molar-refractivity contribution in [1.82, 2.24) is 5.32 Å². The van der Waals surface area contributed by atoms with Crippen molar-refractivity contribution in [2.45, 2.75) is 20.0 Å². The van der Waals surface area contributed by atoms with E-state index in [-0.39, 0.29) is 11.3 Å².